The molecule has 4 heterocycles. The van der Waals surface area contributed by atoms with Crippen LogP contribution in [0.25, 0.3) is 34.6 Å². The number of hydrogen-bond donors (Lipinski definition) is 0. The molecular weight excluding hydrogens is 362 g/mol. The Kier molecular flexibility index (Phi) is 3.69. The van der Waals surface area contributed by atoms with Crippen molar-refractivity contribution >= 4 is 23.3 Å². The van der Waals surface area contributed by atoms with E-state index in [4.69, 9.17) is 18.2 Å². The Bertz CT molecular complexity index is 1150. The van der Waals surface area contributed by atoms with E-state index in [1.54, 1.807) is 18.8 Å². The van der Waals surface area contributed by atoms with Crippen LogP contribution in [0.15, 0.2) is 68.4 Å². The number of fused-ring (bicyclic) bond motifs is 2. The maximum atomic E-state index is 5.85. The zero-order chi connectivity index (χ0) is 19.2. The summed E-state index contributed by atoms with van der Waals surface area (Å²) < 4.78 is 16.9. The average Bonchev–Trinajstić information content (AvgIpc) is 3.55. The summed E-state index contributed by atoms with van der Waals surface area (Å²) in [6.07, 6.45) is 13.2. The van der Waals surface area contributed by atoms with Crippen LogP contribution in [0.4, 0.5) is 0 Å². The van der Waals surface area contributed by atoms with Gasteiger partial charge in [0.1, 0.15) is 17.3 Å². The first-order valence-electron chi connectivity index (χ1n) is 9.95. The molecule has 0 aliphatic heterocycles. The highest BCUT2D eigenvalue weighted by Gasteiger charge is 2.31. The van der Waals surface area contributed by atoms with E-state index in [0.29, 0.717) is 0 Å². The molecule has 0 atom stereocenters. The molecule has 0 aromatic carbocycles. The zero-order valence-corrected chi connectivity index (χ0v) is 15.9. The highest BCUT2D eigenvalue weighted by Crippen LogP contribution is 2.46. The number of allylic oxidation sites excluding steroid dienone is 2. The standard InChI is InChI=1S/C25H19NO3/c1-4-18(27-11-1)14-16-7-9-20-23(22-6-3-13-29-22)21-10-8-17(25(21)26-24(16)20)15-19-5-2-12-28-19/h1-6,11-15H,7-10H2. The summed E-state index contributed by atoms with van der Waals surface area (Å²) in [7, 11) is 0. The SMILES string of the molecule is C(=C1CCc2c1nc1c(c2-c2ccco2)CCC1=Cc1ccco1)c1ccco1. The smallest absolute Gasteiger partial charge is 0.134 e. The first-order valence-corrected chi connectivity index (χ1v) is 9.95. The minimum atomic E-state index is 0.862. The Morgan fingerprint density at radius 1 is 0.655 bits per heavy atom. The number of furan rings is 3. The fourth-order valence-corrected chi connectivity index (χ4v) is 4.53. The second-order valence-electron chi connectivity index (χ2n) is 7.49. The van der Waals surface area contributed by atoms with Crippen LogP contribution in [0, 0.1) is 0 Å². The van der Waals surface area contributed by atoms with E-state index >= 15 is 0 Å². The quantitative estimate of drug-likeness (QED) is 0.406. The number of aromatic nitrogens is 1. The summed E-state index contributed by atoms with van der Waals surface area (Å²) in [5.41, 5.74) is 8.37. The minimum Gasteiger partial charge on any atom is -0.465 e. The third-order valence-electron chi connectivity index (χ3n) is 5.78. The van der Waals surface area contributed by atoms with Gasteiger partial charge in [0, 0.05) is 5.56 Å². The molecule has 0 radical (unpaired) electrons. The molecule has 0 fully saturated rings. The molecule has 0 N–H and O–H groups in total. The summed E-state index contributed by atoms with van der Waals surface area (Å²) in [6, 6.07) is 11.8. The van der Waals surface area contributed by atoms with E-state index in [0.717, 1.165) is 54.4 Å². The number of hydrogen-bond acceptors (Lipinski definition) is 4. The van der Waals surface area contributed by atoms with Crippen molar-refractivity contribution in [3.05, 3.63) is 89.2 Å². The Labute approximate surface area is 168 Å². The van der Waals surface area contributed by atoms with E-state index in [2.05, 4.69) is 18.2 Å². The van der Waals surface area contributed by atoms with Crippen LogP contribution in [0.2, 0.25) is 0 Å². The van der Waals surface area contributed by atoms with E-state index in [-0.39, 0.29) is 0 Å². The van der Waals surface area contributed by atoms with Crippen LogP contribution >= 0.6 is 0 Å². The monoisotopic (exact) mass is 381 g/mol. The third kappa shape index (κ3) is 2.71. The van der Waals surface area contributed by atoms with Gasteiger partial charge in [0.2, 0.25) is 0 Å². The van der Waals surface area contributed by atoms with Gasteiger partial charge in [-0.1, -0.05) is 0 Å². The molecule has 0 unspecified atom stereocenters. The fourth-order valence-electron chi connectivity index (χ4n) is 4.53. The summed E-state index contributed by atoms with van der Waals surface area (Å²) in [4.78, 5) is 5.17. The molecule has 0 spiro atoms. The molecule has 29 heavy (non-hydrogen) atoms. The first-order chi connectivity index (χ1) is 14.4. The highest BCUT2D eigenvalue weighted by molar-refractivity contribution is 5.92. The van der Waals surface area contributed by atoms with Crippen LogP contribution < -0.4 is 0 Å². The zero-order valence-electron chi connectivity index (χ0n) is 15.9. The van der Waals surface area contributed by atoms with Crippen molar-refractivity contribution in [3.63, 3.8) is 0 Å². The average molecular weight is 381 g/mol. The van der Waals surface area contributed by atoms with Crippen molar-refractivity contribution in [1.82, 2.24) is 4.98 Å². The normalized spacial score (nSPS) is 17.9. The van der Waals surface area contributed by atoms with E-state index in [1.807, 2.05) is 30.3 Å². The second kappa shape index (κ2) is 6.52. The Morgan fingerprint density at radius 2 is 1.21 bits per heavy atom. The lowest BCUT2D eigenvalue weighted by Crippen LogP contribution is -2.00. The maximum Gasteiger partial charge on any atom is 0.134 e. The fraction of sp³-hybridized carbons (Fsp3) is 0.160. The lowest BCUT2D eigenvalue weighted by molar-refractivity contribution is 0.557. The molecule has 0 saturated heterocycles. The van der Waals surface area contributed by atoms with Gasteiger partial charge >= 0.3 is 0 Å². The van der Waals surface area contributed by atoms with Crippen LogP contribution in [-0.2, 0) is 12.8 Å². The molecular formula is C25H19NO3. The number of rotatable bonds is 3. The van der Waals surface area contributed by atoms with Crippen molar-refractivity contribution in [2.45, 2.75) is 25.7 Å². The lowest BCUT2D eigenvalue weighted by atomic mass is 9.97. The van der Waals surface area contributed by atoms with Gasteiger partial charge in [-0.05, 0) is 96.5 Å². The van der Waals surface area contributed by atoms with Gasteiger partial charge in [0.05, 0.1) is 30.2 Å². The van der Waals surface area contributed by atoms with Gasteiger partial charge < -0.3 is 13.3 Å². The number of nitrogens with zero attached hydrogens (tertiary/aromatic N) is 1. The molecule has 0 saturated carbocycles. The number of pyridine rings is 1. The van der Waals surface area contributed by atoms with Gasteiger partial charge in [-0.2, -0.15) is 0 Å². The Morgan fingerprint density at radius 3 is 1.69 bits per heavy atom. The van der Waals surface area contributed by atoms with E-state index in [9.17, 15) is 0 Å². The second-order valence-corrected chi connectivity index (χ2v) is 7.49. The van der Waals surface area contributed by atoms with Crippen molar-refractivity contribution in [2.75, 3.05) is 0 Å². The third-order valence-corrected chi connectivity index (χ3v) is 5.78. The Hall–Kier alpha value is -3.53. The van der Waals surface area contributed by atoms with Crippen molar-refractivity contribution in [1.29, 1.82) is 0 Å². The predicted molar refractivity (Wildman–Crippen MR) is 112 cm³/mol. The van der Waals surface area contributed by atoms with Gasteiger partial charge in [-0.25, -0.2) is 4.98 Å². The molecule has 2 aliphatic rings. The summed E-state index contributed by atoms with van der Waals surface area (Å²) in [5.74, 6) is 2.65. The minimum absolute atomic E-state index is 0.862. The largest absolute Gasteiger partial charge is 0.465 e. The van der Waals surface area contributed by atoms with Gasteiger partial charge in [0.25, 0.3) is 0 Å². The molecule has 4 heteroatoms. The van der Waals surface area contributed by atoms with Crippen LogP contribution in [0.1, 0.15) is 46.9 Å². The molecule has 4 aromatic heterocycles. The van der Waals surface area contributed by atoms with Crippen LogP contribution in [0.5, 0.6) is 0 Å². The topological polar surface area (TPSA) is 52.3 Å². The first kappa shape index (κ1) is 16.4. The summed E-state index contributed by atoms with van der Waals surface area (Å²) in [5, 5.41) is 0. The van der Waals surface area contributed by atoms with Crippen molar-refractivity contribution in [3.8, 4) is 11.3 Å². The molecule has 4 nitrogen and oxygen atoms in total. The molecule has 0 bridgehead atoms. The molecule has 142 valence electrons. The van der Waals surface area contributed by atoms with Crippen molar-refractivity contribution in [2.24, 2.45) is 0 Å². The summed E-state index contributed by atoms with van der Waals surface area (Å²) in [6.45, 7) is 0. The predicted octanol–water partition coefficient (Wildman–Crippen LogP) is 6.50. The van der Waals surface area contributed by atoms with Crippen LogP contribution in [0.3, 0.4) is 0 Å². The lowest BCUT2D eigenvalue weighted by Gasteiger charge is -2.12. The van der Waals surface area contributed by atoms with Crippen molar-refractivity contribution < 1.29 is 13.3 Å². The van der Waals surface area contributed by atoms with Gasteiger partial charge in [-0.15, -0.1) is 0 Å². The summed E-state index contributed by atoms with van der Waals surface area (Å²) >= 11 is 0. The van der Waals surface area contributed by atoms with E-state index < -0.39 is 0 Å². The van der Waals surface area contributed by atoms with Crippen LogP contribution in [-0.4, -0.2) is 4.98 Å². The molecule has 6 rings (SSSR count). The molecule has 0 amide bonds. The highest BCUT2D eigenvalue weighted by atomic mass is 16.3. The maximum absolute atomic E-state index is 5.85. The Balaban J connectivity index is 1.57. The molecule has 4 aromatic rings. The van der Waals surface area contributed by atoms with E-state index in [1.165, 1.54) is 27.8 Å². The molecule has 2 aliphatic carbocycles. The van der Waals surface area contributed by atoms with Gasteiger partial charge in [0.15, 0.2) is 0 Å². The van der Waals surface area contributed by atoms with Gasteiger partial charge in [-0.3, -0.25) is 0 Å².